The summed E-state index contributed by atoms with van der Waals surface area (Å²) in [6.07, 6.45) is 5.81. The number of ether oxygens (including phenoxy) is 2. The second-order valence-corrected chi connectivity index (χ2v) is 10.6. The van der Waals surface area contributed by atoms with Gasteiger partial charge in [0, 0.05) is 43.6 Å². The number of aliphatic carboxylic acids is 1. The highest BCUT2D eigenvalue weighted by atomic mass is 16.5. The summed E-state index contributed by atoms with van der Waals surface area (Å²) in [4.78, 5) is 27.0. The number of carboxylic acid groups (broad SMARTS) is 1. The van der Waals surface area contributed by atoms with Gasteiger partial charge in [0.15, 0.2) is 0 Å². The molecule has 2 aromatic rings. The molecule has 8 heteroatoms. The van der Waals surface area contributed by atoms with Crippen LogP contribution in [0, 0.1) is 12.8 Å². The maximum atomic E-state index is 13.5. The summed E-state index contributed by atoms with van der Waals surface area (Å²) in [7, 11) is 1.91. The van der Waals surface area contributed by atoms with E-state index in [0.29, 0.717) is 25.9 Å². The average molecular weight is 482 g/mol. The van der Waals surface area contributed by atoms with Gasteiger partial charge in [0.05, 0.1) is 24.4 Å². The highest BCUT2D eigenvalue weighted by molar-refractivity contribution is 5.78. The van der Waals surface area contributed by atoms with Gasteiger partial charge in [-0.3, -0.25) is 14.3 Å². The van der Waals surface area contributed by atoms with Gasteiger partial charge in [0.25, 0.3) is 0 Å². The number of hydrogen-bond acceptors (Lipinski definition) is 5. The van der Waals surface area contributed by atoms with Crippen LogP contribution in [0.5, 0.6) is 5.75 Å². The van der Waals surface area contributed by atoms with E-state index in [1.807, 2.05) is 60.9 Å². The molecule has 1 aromatic heterocycles. The summed E-state index contributed by atoms with van der Waals surface area (Å²) >= 11 is 0. The van der Waals surface area contributed by atoms with Crippen molar-refractivity contribution < 1.29 is 24.2 Å². The van der Waals surface area contributed by atoms with E-state index in [4.69, 9.17) is 9.47 Å². The Hall–Kier alpha value is -2.87. The number of likely N-dealkylation sites (tertiary alicyclic amines) is 1. The maximum absolute atomic E-state index is 13.5. The second-order valence-electron chi connectivity index (χ2n) is 10.6. The minimum absolute atomic E-state index is 0.0298. The summed E-state index contributed by atoms with van der Waals surface area (Å²) in [5, 5.41) is 13.7. The van der Waals surface area contributed by atoms with Crippen LogP contribution in [0.2, 0.25) is 0 Å². The Bertz CT molecular complexity index is 1130. The Morgan fingerprint density at radius 2 is 2.06 bits per heavy atom. The standard InChI is InChI=1S/C27H35N3O5/c1-18-19(16-28-29(18)3)9-10-23(31)30-14-6-12-27(30)15-21-25(34-17-27)20-7-4-5-8-22(20)35-26(21,2)13-11-24(32)33/h4-5,7-8,16,21,25H,6,9-15,17H2,1-3H3,(H,32,33)/t21-,25+,26+,27+/m1/s1. The van der Waals surface area contributed by atoms with Crippen LogP contribution in [0.3, 0.4) is 0 Å². The molecule has 1 spiro atoms. The fourth-order valence-corrected chi connectivity index (χ4v) is 6.36. The molecule has 0 radical (unpaired) electrons. The number of fused-ring (bicyclic) bond motifs is 3. The Kier molecular flexibility index (Phi) is 6.11. The maximum Gasteiger partial charge on any atom is 0.303 e. The van der Waals surface area contributed by atoms with Crippen LogP contribution in [0.15, 0.2) is 30.5 Å². The molecule has 3 aliphatic rings. The van der Waals surface area contributed by atoms with E-state index < -0.39 is 11.6 Å². The van der Waals surface area contributed by atoms with Crippen molar-refractivity contribution in [1.82, 2.24) is 14.7 Å². The van der Waals surface area contributed by atoms with Crippen molar-refractivity contribution in [3.8, 4) is 5.75 Å². The Labute approximate surface area is 206 Å². The van der Waals surface area contributed by atoms with Crippen LogP contribution in [-0.4, -0.2) is 56.0 Å². The lowest BCUT2D eigenvalue weighted by atomic mass is 9.68. The number of amides is 1. The fraction of sp³-hybridized carbons (Fsp3) is 0.593. The van der Waals surface area contributed by atoms with Crippen LogP contribution < -0.4 is 4.74 Å². The molecule has 5 rings (SSSR count). The number of carbonyl (C=O) groups excluding carboxylic acids is 1. The molecular formula is C27H35N3O5. The van der Waals surface area contributed by atoms with Crippen LogP contribution in [0.1, 0.15) is 68.4 Å². The van der Waals surface area contributed by atoms with Gasteiger partial charge in [0.1, 0.15) is 11.4 Å². The molecule has 2 saturated heterocycles. The molecule has 1 N–H and O–H groups in total. The van der Waals surface area contributed by atoms with Crippen LogP contribution in [-0.2, 0) is 27.8 Å². The highest BCUT2D eigenvalue weighted by Gasteiger charge is 2.57. The Balaban J connectivity index is 1.39. The molecule has 3 aliphatic heterocycles. The van der Waals surface area contributed by atoms with Gasteiger partial charge in [-0.1, -0.05) is 18.2 Å². The molecule has 4 atom stereocenters. The van der Waals surface area contributed by atoms with E-state index in [1.54, 1.807) is 0 Å². The van der Waals surface area contributed by atoms with Gasteiger partial charge in [0.2, 0.25) is 5.91 Å². The summed E-state index contributed by atoms with van der Waals surface area (Å²) < 4.78 is 14.9. The van der Waals surface area contributed by atoms with Crippen molar-refractivity contribution in [1.29, 1.82) is 0 Å². The molecule has 35 heavy (non-hydrogen) atoms. The fourth-order valence-electron chi connectivity index (χ4n) is 6.36. The number of benzene rings is 1. The van der Waals surface area contributed by atoms with Crippen molar-refractivity contribution in [2.45, 2.75) is 76.0 Å². The molecule has 0 aliphatic carbocycles. The molecule has 1 amide bonds. The number of aromatic nitrogens is 2. The molecule has 2 fully saturated rings. The Morgan fingerprint density at radius 1 is 1.26 bits per heavy atom. The summed E-state index contributed by atoms with van der Waals surface area (Å²) in [6.45, 7) is 5.26. The largest absolute Gasteiger partial charge is 0.487 e. The van der Waals surface area contributed by atoms with Crippen molar-refractivity contribution in [2.75, 3.05) is 13.2 Å². The van der Waals surface area contributed by atoms with E-state index in [0.717, 1.165) is 48.4 Å². The molecule has 0 saturated carbocycles. The van der Waals surface area contributed by atoms with E-state index in [2.05, 4.69) is 5.10 Å². The number of rotatable bonds is 6. The molecule has 4 heterocycles. The third-order valence-electron chi connectivity index (χ3n) is 8.53. The first-order valence-electron chi connectivity index (χ1n) is 12.6. The molecular weight excluding hydrogens is 446 g/mol. The predicted octanol–water partition coefficient (Wildman–Crippen LogP) is 3.82. The third-order valence-corrected chi connectivity index (χ3v) is 8.53. The van der Waals surface area contributed by atoms with Crippen LogP contribution in [0.25, 0.3) is 0 Å². The second kappa shape index (κ2) is 8.97. The van der Waals surface area contributed by atoms with E-state index >= 15 is 0 Å². The number of aryl methyl sites for hydroxylation is 2. The SMILES string of the molecule is Cc1c(CCC(=O)N2CCC[C@]23CO[C@H]2c4ccccc4O[C@@](C)(CCC(=O)O)[C@@H]2C3)cnn1C. The predicted molar refractivity (Wildman–Crippen MR) is 129 cm³/mol. The van der Waals surface area contributed by atoms with Crippen LogP contribution >= 0.6 is 0 Å². The van der Waals surface area contributed by atoms with Gasteiger partial charge in [-0.05, 0) is 57.6 Å². The van der Waals surface area contributed by atoms with Crippen molar-refractivity contribution in [3.63, 3.8) is 0 Å². The van der Waals surface area contributed by atoms with Gasteiger partial charge in [-0.2, -0.15) is 5.10 Å². The van der Waals surface area contributed by atoms with E-state index in [9.17, 15) is 14.7 Å². The monoisotopic (exact) mass is 481 g/mol. The smallest absolute Gasteiger partial charge is 0.303 e. The van der Waals surface area contributed by atoms with Crippen molar-refractivity contribution in [3.05, 3.63) is 47.3 Å². The molecule has 0 unspecified atom stereocenters. The van der Waals surface area contributed by atoms with Gasteiger partial charge >= 0.3 is 5.97 Å². The zero-order valence-corrected chi connectivity index (χ0v) is 20.8. The summed E-state index contributed by atoms with van der Waals surface area (Å²) in [5.74, 6) is 0.0421. The molecule has 0 bridgehead atoms. The molecule has 1 aromatic carbocycles. The van der Waals surface area contributed by atoms with E-state index in [-0.39, 0.29) is 29.9 Å². The molecule has 8 nitrogen and oxygen atoms in total. The van der Waals surface area contributed by atoms with Gasteiger partial charge in [-0.25, -0.2) is 0 Å². The number of hydrogen-bond donors (Lipinski definition) is 1. The Morgan fingerprint density at radius 3 is 2.80 bits per heavy atom. The number of para-hydroxylation sites is 1. The number of carbonyl (C=O) groups is 2. The van der Waals surface area contributed by atoms with Crippen molar-refractivity contribution >= 4 is 11.9 Å². The lowest BCUT2D eigenvalue weighted by Gasteiger charge is -2.54. The number of nitrogens with zero attached hydrogens (tertiary/aromatic N) is 3. The number of carboxylic acids is 1. The quantitative estimate of drug-likeness (QED) is 0.674. The summed E-state index contributed by atoms with van der Waals surface area (Å²) in [6, 6.07) is 7.89. The third kappa shape index (κ3) is 4.22. The zero-order valence-electron chi connectivity index (χ0n) is 20.8. The zero-order chi connectivity index (χ0) is 24.8. The first-order chi connectivity index (χ1) is 16.7. The van der Waals surface area contributed by atoms with E-state index in [1.165, 1.54) is 0 Å². The van der Waals surface area contributed by atoms with Gasteiger partial charge in [-0.15, -0.1) is 0 Å². The summed E-state index contributed by atoms with van der Waals surface area (Å²) in [5.41, 5.74) is 2.15. The first-order valence-corrected chi connectivity index (χ1v) is 12.6. The topological polar surface area (TPSA) is 93.9 Å². The minimum atomic E-state index is -0.833. The normalized spacial score (nSPS) is 29.5. The lowest BCUT2D eigenvalue weighted by Crippen LogP contribution is -2.60. The lowest BCUT2D eigenvalue weighted by molar-refractivity contribution is -0.180. The van der Waals surface area contributed by atoms with Crippen LogP contribution in [0.4, 0.5) is 0 Å². The first kappa shape index (κ1) is 23.9. The van der Waals surface area contributed by atoms with Gasteiger partial charge < -0.3 is 19.5 Å². The average Bonchev–Trinajstić information content (AvgIpc) is 3.39. The minimum Gasteiger partial charge on any atom is -0.487 e. The van der Waals surface area contributed by atoms with Crippen molar-refractivity contribution in [2.24, 2.45) is 13.0 Å². The molecule has 188 valence electrons. The highest BCUT2D eigenvalue weighted by Crippen LogP contribution is 2.55.